The SMILES string of the molecule is Cn1c(-c2ccccc2C#Cc2ccccc2)c(Cl)c2ccccc21. The molecule has 0 N–H and O–H groups in total. The number of rotatable bonds is 1. The Balaban J connectivity index is 1.90. The van der Waals surface area contributed by atoms with E-state index in [0.717, 1.165) is 38.3 Å². The quantitative estimate of drug-likeness (QED) is 0.380. The molecular formula is C23H16ClN. The van der Waals surface area contributed by atoms with Gasteiger partial charge >= 0.3 is 0 Å². The molecule has 0 amide bonds. The average molecular weight is 342 g/mol. The van der Waals surface area contributed by atoms with Gasteiger partial charge in [0.15, 0.2) is 0 Å². The Morgan fingerprint density at radius 3 is 2.24 bits per heavy atom. The van der Waals surface area contributed by atoms with Crippen molar-refractivity contribution in [3.8, 4) is 23.1 Å². The van der Waals surface area contributed by atoms with Crippen molar-refractivity contribution in [1.29, 1.82) is 0 Å². The molecule has 2 heteroatoms. The second-order valence-electron chi connectivity index (χ2n) is 5.90. The van der Waals surface area contributed by atoms with E-state index in [1.54, 1.807) is 0 Å². The molecule has 0 saturated heterocycles. The molecule has 0 aliphatic carbocycles. The Hall–Kier alpha value is -2.95. The van der Waals surface area contributed by atoms with Gasteiger partial charge in [-0.25, -0.2) is 0 Å². The highest BCUT2D eigenvalue weighted by Gasteiger charge is 2.16. The van der Waals surface area contributed by atoms with Crippen LogP contribution in [0.1, 0.15) is 11.1 Å². The van der Waals surface area contributed by atoms with Crippen molar-refractivity contribution in [1.82, 2.24) is 4.57 Å². The summed E-state index contributed by atoms with van der Waals surface area (Å²) in [6, 6.07) is 26.4. The van der Waals surface area contributed by atoms with Gasteiger partial charge in [-0.2, -0.15) is 0 Å². The zero-order chi connectivity index (χ0) is 17.2. The first-order valence-corrected chi connectivity index (χ1v) is 8.53. The number of halogens is 1. The van der Waals surface area contributed by atoms with Crippen LogP contribution in [0.4, 0.5) is 0 Å². The van der Waals surface area contributed by atoms with Gasteiger partial charge in [0.25, 0.3) is 0 Å². The van der Waals surface area contributed by atoms with E-state index in [9.17, 15) is 0 Å². The highest BCUT2D eigenvalue weighted by atomic mass is 35.5. The van der Waals surface area contributed by atoms with E-state index in [0.29, 0.717) is 0 Å². The molecule has 3 aromatic carbocycles. The summed E-state index contributed by atoms with van der Waals surface area (Å²) in [5.74, 6) is 6.55. The molecule has 120 valence electrons. The van der Waals surface area contributed by atoms with Gasteiger partial charge in [-0.05, 0) is 24.3 Å². The van der Waals surface area contributed by atoms with Crippen molar-refractivity contribution in [3.05, 3.63) is 95.0 Å². The van der Waals surface area contributed by atoms with E-state index < -0.39 is 0 Å². The first-order chi connectivity index (χ1) is 12.3. The van der Waals surface area contributed by atoms with E-state index in [1.807, 2.05) is 67.7 Å². The van der Waals surface area contributed by atoms with Crippen molar-refractivity contribution in [2.75, 3.05) is 0 Å². The molecule has 0 bridgehead atoms. The number of para-hydroxylation sites is 1. The molecule has 4 rings (SSSR count). The van der Waals surface area contributed by atoms with Gasteiger partial charge < -0.3 is 4.57 Å². The largest absolute Gasteiger partial charge is 0.342 e. The Labute approximate surface area is 152 Å². The third-order valence-electron chi connectivity index (χ3n) is 4.34. The van der Waals surface area contributed by atoms with Gasteiger partial charge in [-0.15, -0.1) is 0 Å². The molecule has 1 aromatic heterocycles. The van der Waals surface area contributed by atoms with Crippen LogP contribution in [0.25, 0.3) is 22.2 Å². The molecule has 1 nitrogen and oxygen atoms in total. The molecule has 0 saturated carbocycles. The molecule has 0 radical (unpaired) electrons. The summed E-state index contributed by atoms with van der Waals surface area (Å²) < 4.78 is 2.14. The summed E-state index contributed by atoms with van der Waals surface area (Å²) in [5.41, 5.74) is 5.14. The maximum absolute atomic E-state index is 6.72. The summed E-state index contributed by atoms with van der Waals surface area (Å²) in [4.78, 5) is 0. The van der Waals surface area contributed by atoms with Crippen LogP contribution < -0.4 is 0 Å². The predicted molar refractivity (Wildman–Crippen MR) is 106 cm³/mol. The van der Waals surface area contributed by atoms with Crippen molar-refractivity contribution >= 4 is 22.5 Å². The molecule has 25 heavy (non-hydrogen) atoms. The molecule has 4 aromatic rings. The fourth-order valence-corrected chi connectivity index (χ4v) is 3.49. The molecule has 0 unspecified atom stereocenters. The smallest absolute Gasteiger partial charge is 0.0742 e. The van der Waals surface area contributed by atoms with Crippen LogP contribution in [0.3, 0.4) is 0 Å². The van der Waals surface area contributed by atoms with Crippen molar-refractivity contribution in [2.45, 2.75) is 0 Å². The van der Waals surface area contributed by atoms with Crippen LogP contribution in [0.5, 0.6) is 0 Å². The first kappa shape index (κ1) is 15.6. The first-order valence-electron chi connectivity index (χ1n) is 8.15. The zero-order valence-electron chi connectivity index (χ0n) is 13.8. The summed E-state index contributed by atoms with van der Waals surface area (Å²) in [6.45, 7) is 0. The maximum atomic E-state index is 6.72. The molecule has 0 spiro atoms. The van der Waals surface area contributed by atoms with Crippen molar-refractivity contribution < 1.29 is 0 Å². The minimum absolute atomic E-state index is 0.770. The molecule has 1 heterocycles. The molecule has 0 fully saturated rings. The van der Waals surface area contributed by atoms with Crippen LogP contribution in [0.15, 0.2) is 78.9 Å². The second-order valence-corrected chi connectivity index (χ2v) is 6.28. The number of aryl methyl sites for hydroxylation is 1. The number of fused-ring (bicyclic) bond motifs is 1. The standard InChI is InChI=1S/C23H16ClN/c1-25-21-14-8-7-13-20(21)22(24)23(25)19-12-6-5-11-18(19)16-15-17-9-3-2-4-10-17/h2-14H,1H3. The molecule has 0 aliphatic rings. The lowest BCUT2D eigenvalue weighted by atomic mass is 10.0. The van der Waals surface area contributed by atoms with E-state index in [-0.39, 0.29) is 0 Å². The number of aromatic nitrogens is 1. The van der Waals surface area contributed by atoms with Gasteiger partial charge in [-0.1, -0.05) is 78.0 Å². The lowest BCUT2D eigenvalue weighted by molar-refractivity contribution is 0.978. The number of hydrogen-bond donors (Lipinski definition) is 0. The van der Waals surface area contributed by atoms with E-state index in [1.165, 1.54) is 0 Å². The number of nitrogens with zero attached hydrogens (tertiary/aromatic N) is 1. The van der Waals surface area contributed by atoms with E-state index in [2.05, 4.69) is 34.6 Å². The van der Waals surface area contributed by atoms with Crippen molar-refractivity contribution in [2.24, 2.45) is 7.05 Å². The average Bonchev–Trinajstić information content (AvgIpc) is 2.92. The Bertz CT molecular complexity index is 1070. The molecule has 0 atom stereocenters. The lowest BCUT2D eigenvalue weighted by Gasteiger charge is -2.08. The van der Waals surface area contributed by atoms with Crippen LogP contribution in [0.2, 0.25) is 5.02 Å². The Morgan fingerprint density at radius 2 is 1.44 bits per heavy atom. The van der Waals surface area contributed by atoms with Crippen LogP contribution >= 0.6 is 11.6 Å². The van der Waals surface area contributed by atoms with E-state index >= 15 is 0 Å². The predicted octanol–water partition coefficient (Wildman–Crippen LogP) is 5.90. The summed E-state index contributed by atoms with van der Waals surface area (Å²) in [5, 5.41) is 1.83. The minimum atomic E-state index is 0.770. The van der Waals surface area contributed by atoms with Gasteiger partial charge in [0.2, 0.25) is 0 Å². The fourth-order valence-electron chi connectivity index (χ4n) is 3.11. The second kappa shape index (κ2) is 6.51. The number of hydrogen-bond acceptors (Lipinski definition) is 0. The lowest BCUT2D eigenvalue weighted by Crippen LogP contribution is -1.94. The van der Waals surface area contributed by atoms with E-state index in [4.69, 9.17) is 11.6 Å². The maximum Gasteiger partial charge on any atom is 0.0742 e. The minimum Gasteiger partial charge on any atom is -0.342 e. The van der Waals surface area contributed by atoms with Gasteiger partial charge in [0, 0.05) is 34.6 Å². The van der Waals surface area contributed by atoms with Crippen molar-refractivity contribution in [3.63, 3.8) is 0 Å². The highest BCUT2D eigenvalue weighted by Crippen LogP contribution is 2.37. The molecule has 0 aliphatic heterocycles. The van der Waals surface area contributed by atoms with Gasteiger partial charge in [0.05, 0.1) is 10.7 Å². The van der Waals surface area contributed by atoms with Crippen LogP contribution in [-0.2, 0) is 7.05 Å². The van der Waals surface area contributed by atoms with Crippen LogP contribution in [0, 0.1) is 11.8 Å². The summed E-state index contributed by atoms with van der Waals surface area (Å²) in [6.07, 6.45) is 0. The van der Waals surface area contributed by atoms with Gasteiger partial charge in [0.1, 0.15) is 0 Å². The monoisotopic (exact) mass is 341 g/mol. The normalized spacial score (nSPS) is 10.5. The topological polar surface area (TPSA) is 4.93 Å². The highest BCUT2D eigenvalue weighted by molar-refractivity contribution is 6.38. The summed E-state index contributed by atoms with van der Waals surface area (Å²) in [7, 11) is 2.05. The number of benzene rings is 3. The Morgan fingerprint density at radius 1 is 0.760 bits per heavy atom. The fraction of sp³-hybridized carbons (Fsp3) is 0.0435. The van der Waals surface area contributed by atoms with Crippen LogP contribution in [-0.4, -0.2) is 4.57 Å². The zero-order valence-corrected chi connectivity index (χ0v) is 14.6. The summed E-state index contributed by atoms with van der Waals surface area (Å²) >= 11 is 6.72. The Kier molecular flexibility index (Phi) is 4.06. The third-order valence-corrected chi connectivity index (χ3v) is 4.73. The third kappa shape index (κ3) is 2.82. The van der Waals surface area contributed by atoms with Gasteiger partial charge in [-0.3, -0.25) is 0 Å². The molecular weight excluding hydrogens is 326 g/mol.